The number of carbonyl (C=O) groups is 1. The van der Waals surface area contributed by atoms with Crippen LogP contribution in [0.25, 0.3) is 11.0 Å². The van der Waals surface area contributed by atoms with E-state index in [-0.39, 0.29) is 30.3 Å². The van der Waals surface area contributed by atoms with Gasteiger partial charge in [0.1, 0.15) is 5.58 Å². The number of ether oxygens (including phenoxy) is 5. The second kappa shape index (κ2) is 14.7. The first-order valence-electron chi connectivity index (χ1n) is 12.1. The van der Waals surface area contributed by atoms with Gasteiger partial charge < -0.3 is 38.5 Å². The van der Waals surface area contributed by atoms with Crippen molar-refractivity contribution < 1.29 is 38.0 Å². The van der Waals surface area contributed by atoms with Gasteiger partial charge in [-0.2, -0.15) is 0 Å². The van der Waals surface area contributed by atoms with Crippen LogP contribution >= 0.6 is 0 Å². The van der Waals surface area contributed by atoms with Crippen molar-refractivity contribution in [2.45, 2.75) is 25.6 Å². The van der Waals surface area contributed by atoms with Crippen LogP contribution in [0.4, 0.5) is 0 Å². The van der Waals surface area contributed by atoms with E-state index in [4.69, 9.17) is 33.2 Å². The van der Waals surface area contributed by atoms with Gasteiger partial charge in [-0.3, -0.25) is 9.59 Å². The minimum absolute atomic E-state index is 0.0425. The van der Waals surface area contributed by atoms with Crippen LogP contribution in [-0.2, 0) is 28.5 Å². The van der Waals surface area contributed by atoms with E-state index in [9.17, 15) is 9.59 Å². The van der Waals surface area contributed by atoms with Gasteiger partial charge in [-0.25, -0.2) is 0 Å². The van der Waals surface area contributed by atoms with Crippen molar-refractivity contribution >= 4 is 16.9 Å². The fraction of sp³-hybridized carbons (Fsp3) is 0.538. The molecule has 0 saturated carbocycles. The molecule has 0 fully saturated rings. The molecule has 1 aliphatic heterocycles. The number of hydrogen-bond acceptors (Lipinski definition) is 9. The van der Waals surface area contributed by atoms with Gasteiger partial charge in [-0.05, 0) is 31.6 Å². The van der Waals surface area contributed by atoms with Crippen LogP contribution in [0.3, 0.4) is 0 Å². The minimum Gasteiger partial charge on any atom is -0.464 e. The lowest BCUT2D eigenvalue weighted by Gasteiger charge is -2.36. The van der Waals surface area contributed by atoms with Gasteiger partial charge in [0, 0.05) is 44.3 Å². The van der Waals surface area contributed by atoms with Crippen LogP contribution in [0.5, 0.6) is 0 Å². The number of benzene rings is 1. The summed E-state index contributed by atoms with van der Waals surface area (Å²) in [4.78, 5) is 26.3. The highest BCUT2D eigenvalue weighted by atomic mass is 16.7. The third-order valence-electron chi connectivity index (χ3n) is 5.80. The molecule has 0 unspecified atom stereocenters. The average molecular weight is 506 g/mol. The van der Waals surface area contributed by atoms with Crippen molar-refractivity contribution in [2.75, 3.05) is 59.9 Å². The number of allylic oxidation sites excluding steroid dienone is 1. The SMILES string of the molecule is CCO[C@@H]1OC(C(=O)NCCOC)=C[C@H](c2coc3ccccc3c2=O)[C@H]1CCOCCOCCO. The molecule has 36 heavy (non-hydrogen) atoms. The van der Waals surface area contributed by atoms with Crippen molar-refractivity contribution in [1.82, 2.24) is 5.32 Å². The molecule has 3 rings (SSSR count). The Hall–Kier alpha value is -2.76. The third kappa shape index (κ3) is 7.37. The van der Waals surface area contributed by atoms with E-state index in [1.807, 2.05) is 6.92 Å². The molecule has 198 valence electrons. The summed E-state index contributed by atoms with van der Waals surface area (Å²) in [6.45, 7) is 4.16. The van der Waals surface area contributed by atoms with Crippen LogP contribution < -0.4 is 10.7 Å². The van der Waals surface area contributed by atoms with Crippen molar-refractivity contribution in [3.05, 3.63) is 58.2 Å². The molecule has 1 aromatic heterocycles. The summed E-state index contributed by atoms with van der Waals surface area (Å²) in [5, 5.41) is 12.0. The minimum atomic E-state index is -0.770. The molecule has 1 amide bonds. The van der Waals surface area contributed by atoms with Gasteiger partial charge in [-0.15, -0.1) is 0 Å². The molecule has 1 aliphatic rings. The zero-order valence-corrected chi connectivity index (χ0v) is 20.8. The van der Waals surface area contributed by atoms with Gasteiger partial charge in [-0.1, -0.05) is 12.1 Å². The number of aliphatic hydroxyl groups is 1. The largest absolute Gasteiger partial charge is 0.464 e. The summed E-state index contributed by atoms with van der Waals surface area (Å²) in [7, 11) is 1.55. The molecule has 2 aromatic rings. The molecule has 2 heterocycles. The Morgan fingerprint density at radius 2 is 1.89 bits per heavy atom. The molecule has 0 aliphatic carbocycles. The molecule has 2 N–H and O–H groups in total. The summed E-state index contributed by atoms with van der Waals surface area (Å²) in [6, 6.07) is 7.04. The van der Waals surface area contributed by atoms with E-state index in [2.05, 4.69) is 5.32 Å². The lowest BCUT2D eigenvalue weighted by atomic mass is 9.81. The number of hydrogen-bond donors (Lipinski definition) is 2. The van der Waals surface area contributed by atoms with Crippen molar-refractivity contribution in [2.24, 2.45) is 5.92 Å². The molecule has 1 aromatic carbocycles. The van der Waals surface area contributed by atoms with E-state index in [1.165, 1.54) is 6.26 Å². The maximum Gasteiger partial charge on any atom is 0.286 e. The number of para-hydroxylation sites is 1. The predicted molar refractivity (Wildman–Crippen MR) is 132 cm³/mol. The Labute approximate surface area is 210 Å². The molecule has 0 spiro atoms. The fourth-order valence-electron chi connectivity index (χ4n) is 4.08. The van der Waals surface area contributed by atoms with Gasteiger partial charge in [0.15, 0.2) is 11.2 Å². The van der Waals surface area contributed by atoms with Gasteiger partial charge in [0.25, 0.3) is 5.91 Å². The van der Waals surface area contributed by atoms with Crippen LogP contribution in [0.15, 0.2) is 51.6 Å². The lowest BCUT2D eigenvalue weighted by Crippen LogP contribution is -2.40. The maximum atomic E-state index is 13.4. The molecule has 0 radical (unpaired) electrons. The first-order valence-corrected chi connectivity index (χ1v) is 12.1. The Bertz CT molecular complexity index is 1050. The summed E-state index contributed by atoms with van der Waals surface area (Å²) in [5.41, 5.74) is 0.738. The van der Waals surface area contributed by atoms with Crippen molar-refractivity contribution in [1.29, 1.82) is 0 Å². The fourth-order valence-corrected chi connectivity index (χ4v) is 4.08. The lowest BCUT2D eigenvalue weighted by molar-refractivity contribution is -0.168. The van der Waals surface area contributed by atoms with Crippen LogP contribution in [0.1, 0.15) is 24.8 Å². The van der Waals surface area contributed by atoms with E-state index >= 15 is 0 Å². The summed E-state index contributed by atoms with van der Waals surface area (Å²) < 4.78 is 33.6. The summed E-state index contributed by atoms with van der Waals surface area (Å²) in [5.74, 6) is -1.16. The monoisotopic (exact) mass is 505 g/mol. The van der Waals surface area contributed by atoms with Crippen molar-refractivity contribution in [3.8, 4) is 0 Å². The number of rotatable bonds is 15. The first kappa shape index (κ1) is 27.8. The highest BCUT2D eigenvalue weighted by molar-refractivity contribution is 5.91. The number of amides is 1. The highest BCUT2D eigenvalue weighted by Gasteiger charge is 2.39. The van der Waals surface area contributed by atoms with Gasteiger partial charge in [0.2, 0.25) is 6.29 Å². The van der Waals surface area contributed by atoms with E-state index < -0.39 is 18.1 Å². The van der Waals surface area contributed by atoms with E-state index in [0.29, 0.717) is 62.5 Å². The standard InChI is InChI=1S/C26H35NO9/c1-3-34-26-18(8-11-32-14-15-33-13-10-28)20(16-23(36-26)25(30)27-9-12-31-2)21-17-35-22-7-5-4-6-19(22)24(21)29/h4-7,16-18,20,26,28H,3,8-15H2,1-2H3,(H,27,30)/t18-,20+,26-/m1/s1. The molecule has 10 nitrogen and oxygen atoms in total. The number of methoxy groups -OCH3 is 1. The van der Waals surface area contributed by atoms with Crippen LogP contribution in [0.2, 0.25) is 0 Å². The Kier molecular flexibility index (Phi) is 11.4. The maximum absolute atomic E-state index is 13.4. The Balaban J connectivity index is 1.89. The van der Waals surface area contributed by atoms with Crippen LogP contribution in [0, 0.1) is 5.92 Å². The molecule has 3 atom stereocenters. The first-order chi connectivity index (χ1) is 17.6. The van der Waals surface area contributed by atoms with Gasteiger partial charge >= 0.3 is 0 Å². The van der Waals surface area contributed by atoms with Crippen LogP contribution in [-0.4, -0.2) is 77.2 Å². The summed E-state index contributed by atoms with van der Waals surface area (Å²) >= 11 is 0. The average Bonchev–Trinajstić information content (AvgIpc) is 2.89. The number of aliphatic hydroxyl groups excluding tert-OH is 1. The topological polar surface area (TPSA) is 126 Å². The second-order valence-corrected chi connectivity index (χ2v) is 8.16. The molecule has 0 saturated heterocycles. The molecular weight excluding hydrogens is 470 g/mol. The molecular formula is C26H35NO9. The number of fused-ring (bicyclic) bond motifs is 1. The zero-order valence-electron chi connectivity index (χ0n) is 20.8. The quantitative estimate of drug-likeness (QED) is 0.349. The van der Waals surface area contributed by atoms with Crippen molar-refractivity contribution in [3.63, 3.8) is 0 Å². The van der Waals surface area contributed by atoms with E-state index in [1.54, 1.807) is 37.5 Å². The zero-order chi connectivity index (χ0) is 25.8. The van der Waals surface area contributed by atoms with Gasteiger partial charge in [0.05, 0.1) is 44.7 Å². The second-order valence-electron chi connectivity index (χ2n) is 8.16. The Morgan fingerprint density at radius 3 is 2.64 bits per heavy atom. The smallest absolute Gasteiger partial charge is 0.286 e. The predicted octanol–water partition coefficient (Wildman–Crippen LogP) is 1.95. The molecule has 10 heteroatoms. The number of nitrogens with one attached hydrogen (secondary N) is 1. The number of carbonyl (C=O) groups excluding carboxylic acids is 1. The summed E-state index contributed by atoms with van der Waals surface area (Å²) in [6.07, 6.45) is 2.84. The van der Waals surface area contributed by atoms with E-state index in [0.717, 1.165) is 0 Å². The molecule has 0 bridgehead atoms. The Morgan fingerprint density at radius 1 is 1.11 bits per heavy atom. The normalized spacial score (nSPS) is 19.6. The highest BCUT2D eigenvalue weighted by Crippen LogP contribution is 2.38. The third-order valence-corrected chi connectivity index (χ3v) is 5.80.